The number of primary amides is 1. The first-order valence-electron chi connectivity index (χ1n) is 5.10. The van der Waals surface area contributed by atoms with Gasteiger partial charge in [-0.2, -0.15) is 0 Å². The van der Waals surface area contributed by atoms with Crippen LogP contribution in [0.25, 0.3) is 0 Å². The lowest BCUT2D eigenvalue weighted by atomic mass is 10.1. The molecule has 0 aliphatic rings. The van der Waals surface area contributed by atoms with Crippen molar-refractivity contribution in [2.24, 2.45) is 5.73 Å². The van der Waals surface area contributed by atoms with Crippen molar-refractivity contribution in [3.05, 3.63) is 29.3 Å². The fourth-order valence-corrected chi connectivity index (χ4v) is 1.33. The Kier molecular flexibility index (Phi) is 3.98. The third kappa shape index (κ3) is 3.71. The van der Waals surface area contributed by atoms with Crippen molar-refractivity contribution in [3.8, 4) is 0 Å². The Morgan fingerprint density at radius 3 is 2.47 bits per heavy atom. The van der Waals surface area contributed by atoms with Gasteiger partial charge in [-0.05, 0) is 31.5 Å². The smallest absolute Gasteiger partial charge is 0.248 e. The topological polar surface area (TPSA) is 89.3 Å². The highest BCUT2D eigenvalue weighted by Crippen LogP contribution is 2.16. The van der Waals surface area contributed by atoms with E-state index in [-0.39, 0.29) is 12.2 Å². The van der Waals surface area contributed by atoms with Crippen LogP contribution in [0.15, 0.2) is 18.2 Å². The highest BCUT2D eigenvalue weighted by molar-refractivity contribution is 6.04. The van der Waals surface area contributed by atoms with E-state index in [4.69, 9.17) is 5.73 Å². The molecule has 1 aromatic rings. The highest BCUT2D eigenvalue weighted by Gasteiger charge is 2.09. The zero-order chi connectivity index (χ0) is 13.0. The number of amides is 2. The van der Waals surface area contributed by atoms with Crippen molar-refractivity contribution in [2.45, 2.75) is 20.3 Å². The van der Waals surface area contributed by atoms with E-state index in [1.807, 2.05) is 0 Å². The minimum atomic E-state index is -0.563. The molecule has 90 valence electrons. The molecule has 0 unspecified atom stereocenters. The maximum absolute atomic E-state index is 11.4. The van der Waals surface area contributed by atoms with Crippen molar-refractivity contribution < 1.29 is 14.4 Å². The van der Waals surface area contributed by atoms with Crippen LogP contribution in [-0.4, -0.2) is 17.6 Å². The van der Waals surface area contributed by atoms with Gasteiger partial charge in [0, 0.05) is 11.3 Å². The lowest BCUT2D eigenvalue weighted by molar-refractivity contribution is -0.124. The summed E-state index contributed by atoms with van der Waals surface area (Å²) in [5, 5.41) is 2.57. The summed E-state index contributed by atoms with van der Waals surface area (Å²) >= 11 is 0. The van der Waals surface area contributed by atoms with E-state index in [0.717, 1.165) is 5.56 Å². The monoisotopic (exact) mass is 234 g/mol. The molecule has 1 aromatic carbocycles. The number of aryl methyl sites for hydroxylation is 1. The van der Waals surface area contributed by atoms with Crippen LogP contribution >= 0.6 is 0 Å². The Bertz CT molecular complexity index is 481. The fourth-order valence-electron chi connectivity index (χ4n) is 1.33. The first kappa shape index (κ1) is 12.9. The van der Waals surface area contributed by atoms with E-state index in [0.29, 0.717) is 11.3 Å². The van der Waals surface area contributed by atoms with Gasteiger partial charge in [0.25, 0.3) is 0 Å². The molecule has 2 amide bonds. The Labute approximate surface area is 99.0 Å². The summed E-state index contributed by atoms with van der Waals surface area (Å²) in [6.45, 7) is 3.13. The number of rotatable bonds is 4. The molecule has 5 heteroatoms. The summed E-state index contributed by atoms with van der Waals surface area (Å²) in [4.78, 5) is 33.2. The molecule has 0 heterocycles. The quantitative estimate of drug-likeness (QED) is 0.762. The van der Waals surface area contributed by atoms with E-state index in [9.17, 15) is 14.4 Å². The van der Waals surface area contributed by atoms with Gasteiger partial charge in [0.15, 0.2) is 0 Å². The van der Waals surface area contributed by atoms with Gasteiger partial charge < -0.3 is 11.1 Å². The molecule has 0 saturated carbocycles. The SMILES string of the molecule is CC(=O)CC(=O)Nc1cc(C(N)=O)ccc1C. The van der Waals surface area contributed by atoms with Crippen LogP contribution in [0.3, 0.4) is 0 Å². The second-order valence-corrected chi connectivity index (χ2v) is 3.82. The molecule has 0 aromatic heterocycles. The van der Waals surface area contributed by atoms with Crippen molar-refractivity contribution in [2.75, 3.05) is 5.32 Å². The molecular weight excluding hydrogens is 220 g/mol. The van der Waals surface area contributed by atoms with E-state index in [1.165, 1.54) is 13.0 Å². The summed E-state index contributed by atoms with van der Waals surface area (Å²) in [6.07, 6.45) is -0.180. The molecule has 0 bridgehead atoms. The number of carbonyl (C=O) groups excluding carboxylic acids is 3. The van der Waals surface area contributed by atoms with Crippen molar-refractivity contribution in [1.29, 1.82) is 0 Å². The Hall–Kier alpha value is -2.17. The molecule has 17 heavy (non-hydrogen) atoms. The number of Topliss-reactive ketones (excluding diaryl/α,β-unsaturated/α-hetero) is 1. The summed E-state index contributed by atoms with van der Waals surface area (Å²) in [5.74, 6) is -1.18. The average Bonchev–Trinajstić information content (AvgIpc) is 2.19. The van der Waals surface area contributed by atoms with Gasteiger partial charge in [-0.15, -0.1) is 0 Å². The Morgan fingerprint density at radius 2 is 1.94 bits per heavy atom. The molecule has 1 rings (SSSR count). The van der Waals surface area contributed by atoms with Crippen LogP contribution in [0.1, 0.15) is 29.3 Å². The number of carbonyl (C=O) groups is 3. The van der Waals surface area contributed by atoms with Crippen LogP contribution in [0, 0.1) is 6.92 Å². The Balaban J connectivity index is 2.90. The van der Waals surface area contributed by atoms with Gasteiger partial charge in [0.05, 0.1) is 6.42 Å². The predicted octanol–water partition coefficient (Wildman–Crippen LogP) is 1.01. The normalized spacial score (nSPS) is 9.76. The number of anilines is 1. The third-order valence-electron chi connectivity index (χ3n) is 2.21. The number of ketones is 1. The van der Waals surface area contributed by atoms with Gasteiger partial charge in [0.2, 0.25) is 11.8 Å². The van der Waals surface area contributed by atoms with E-state index in [2.05, 4.69) is 5.32 Å². The summed E-state index contributed by atoms with van der Waals surface area (Å²) < 4.78 is 0. The lowest BCUT2D eigenvalue weighted by Gasteiger charge is -2.08. The largest absolute Gasteiger partial charge is 0.366 e. The summed E-state index contributed by atoms with van der Waals surface area (Å²) in [5.41, 5.74) is 6.74. The molecule has 0 saturated heterocycles. The fraction of sp³-hybridized carbons (Fsp3) is 0.250. The van der Waals surface area contributed by atoms with Crippen molar-refractivity contribution >= 4 is 23.3 Å². The minimum Gasteiger partial charge on any atom is -0.366 e. The van der Waals surface area contributed by atoms with Crippen LogP contribution in [0.2, 0.25) is 0 Å². The predicted molar refractivity (Wildman–Crippen MR) is 63.6 cm³/mol. The number of hydrogen-bond acceptors (Lipinski definition) is 3. The molecule has 5 nitrogen and oxygen atoms in total. The van der Waals surface area contributed by atoms with Gasteiger partial charge in [0.1, 0.15) is 5.78 Å². The van der Waals surface area contributed by atoms with Crippen molar-refractivity contribution in [1.82, 2.24) is 0 Å². The maximum Gasteiger partial charge on any atom is 0.248 e. The van der Waals surface area contributed by atoms with Crippen LogP contribution in [0.4, 0.5) is 5.69 Å². The zero-order valence-corrected chi connectivity index (χ0v) is 9.74. The average molecular weight is 234 g/mol. The minimum absolute atomic E-state index is 0.180. The summed E-state index contributed by atoms with van der Waals surface area (Å²) in [7, 11) is 0. The molecule has 0 aliphatic heterocycles. The molecule has 0 fully saturated rings. The molecule has 0 atom stereocenters. The molecule has 3 N–H and O–H groups in total. The van der Waals surface area contributed by atoms with Gasteiger partial charge in [-0.1, -0.05) is 6.07 Å². The van der Waals surface area contributed by atoms with Crippen LogP contribution in [-0.2, 0) is 9.59 Å². The Morgan fingerprint density at radius 1 is 1.29 bits per heavy atom. The highest BCUT2D eigenvalue weighted by atomic mass is 16.2. The van der Waals surface area contributed by atoms with E-state index >= 15 is 0 Å². The second kappa shape index (κ2) is 5.25. The molecule has 0 aliphatic carbocycles. The van der Waals surface area contributed by atoms with Gasteiger partial charge >= 0.3 is 0 Å². The number of benzene rings is 1. The first-order valence-corrected chi connectivity index (χ1v) is 5.10. The van der Waals surface area contributed by atoms with Gasteiger partial charge in [-0.25, -0.2) is 0 Å². The molecule has 0 radical (unpaired) electrons. The molecule has 0 spiro atoms. The second-order valence-electron chi connectivity index (χ2n) is 3.82. The lowest BCUT2D eigenvalue weighted by Crippen LogP contribution is -2.17. The number of hydrogen-bond donors (Lipinski definition) is 2. The molecular formula is C12H14N2O3. The number of nitrogens with two attached hydrogens (primary N) is 1. The third-order valence-corrected chi connectivity index (χ3v) is 2.21. The summed E-state index contributed by atoms with van der Waals surface area (Å²) in [6, 6.07) is 4.76. The number of nitrogens with one attached hydrogen (secondary N) is 1. The standard InChI is InChI=1S/C12H14N2O3/c1-7-3-4-9(12(13)17)6-10(7)14-11(16)5-8(2)15/h3-4,6H,5H2,1-2H3,(H2,13,17)(H,14,16). The van der Waals surface area contributed by atoms with E-state index < -0.39 is 11.8 Å². The first-order chi connectivity index (χ1) is 7.90. The van der Waals surface area contributed by atoms with Crippen LogP contribution < -0.4 is 11.1 Å². The van der Waals surface area contributed by atoms with E-state index in [1.54, 1.807) is 19.1 Å². The maximum atomic E-state index is 11.4. The van der Waals surface area contributed by atoms with Crippen molar-refractivity contribution in [3.63, 3.8) is 0 Å². The van der Waals surface area contributed by atoms with Crippen LogP contribution in [0.5, 0.6) is 0 Å². The zero-order valence-electron chi connectivity index (χ0n) is 9.74. The van der Waals surface area contributed by atoms with Gasteiger partial charge in [-0.3, -0.25) is 14.4 Å².